The SMILES string of the molecule is Nc1nc(Cl)c2ccn(Cc3ccc(C(=O)NO)cn3)c2n1. The molecule has 0 unspecified atom stereocenters. The van der Waals surface area contributed by atoms with Gasteiger partial charge in [-0.25, -0.2) is 10.5 Å². The van der Waals surface area contributed by atoms with Gasteiger partial charge in [-0.15, -0.1) is 0 Å². The summed E-state index contributed by atoms with van der Waals surface area (Å²) in [6, 6.07) is 5.04. The topological polar surface area (TPSA) is 119 Å². The van der Waals surface area contributed by atoms with Crippen LogP contribution in [0.3, 0.4) is 0 Å². The van der Waals surface area contributed by atoms with E-state index >= 15 is 0 Å². The van der Waals surface area contributed by atoms with Crippen LogP contribution in [0.5, 0.6) is 0 Å². The van der Waals surface area contributed by atoms with Crippen LogP contribution in [0.4, 0.5) is 5.95 Å². The van der Waals surface area contributed by atoms with Gasteiger partial charge in [0.2, 0.25) is 5.95 Å². The molecular weight excluding hydrogens is 308 g/mol. The highest BCUT2D eigenvalue weighted by Gasteiger charge is 2.10. The van der Waals surface area contributed by atoms with Crippen LogP contribution in [0, 0.1) is 0 Å². The number of hydrogen-bond donors (Lipinski definition) is 3. The fraction of sp³-hybridized carbons (Fsp3) is 0.0769. The van der Waals surface area contributed by atoms with Crippen LogP contribution < -0.4 is 11.2 Å². The molecule has 0 bridgehead atoms. The van der Waals surface area contributed by atoms with Crippen LogP contribution in [0.1, 0.15) is 16.1 Å². The van der Waals surface area contributed by atoms with E-state index in [1.54, 1.807) is 29.9 Å². The Labute approximate surface area is 129 Å². The van der Waals surface area contributed by atoms with Gasteiger partial charge in [-0.2, -0.15) is 4.98 Å². The molecule has 3 aromatic heterocycles. The van der Waals surface area contributed by atoms with Gasteiger partial charge in [-0.3, -0.25) is 15.0 Å². The van der Waals surface area contributed by atoms with Crippen LogP contribution in [-0.2, 0) is 6.54 Å². The Morgan fingerprint density at radius 3 is 2.86 bits per heavy atom. The molecule has 0 aliphatic heterocycles. The highest BCUT2D eigenvalue weighted by Crippen LogP contribution is 2.22. The van der Waals surface area contributed by atoms with Crippen molar-refractivity contribution in [1.29, 1.82) is 0 Å². The highest BCUT2D eigenvalue weighted by atomic mass is 35.5. The molecule has 3 rings (SSSR count). The van der Waals surface area contributed by atoms with Crippen molar-refractivity contribution in [3.8, 4) is 0 Å². The van der Waals surface area contributed by atoms with Gasteiger partial charge in [0.25, 0.3) is 5.91 Å². The van der Waals surface area contributed by atoms with Gasteiger partial charge in [0.15, 0.2) is 0 Å². The lowest BCUT2D eigenvalue weighted by atomic mass is 10.2. The maximum absolute atomic E-state index is 11.2. The minimum atomic E-state index is -0.613. The number of aromatic nitrogens is 4. The van der Waals surface area contributed by atoms with Gasteiger partial charge < -0.3 is 10.3 Å². The molecule has 3 heterocycles. The van der Waals surface area contributed by atoms with E-state index in [9.17, 15) is 4.79 Å². The average Bonchev–Trinajstić information content (AvgIpc) is 2.90. The molecule has 0 atom stereocenters. The van der Waals surface area contributed by atoms with E-state index in [0.29, 0.717) is 28.4 Å². The summed E-state index contributed by atoms with van der Waals surface area (Å²) < 4.78 is 1.83. The van der Waals surface area contributed by atoms with Gasteiger partial charge in [-0.1, -0.05) is 11.6 Å². The molecule has 9 heteroatoms. The van der Waals surface area contributed by atoms with Crippen LogP contribution in [0.25, 0.3) is 11.0 Å². The third-order valence-corrected chi connectivity index (χ3v) is 3.40. The van der Waals surface area contributed by atoms with E-state index in [4.69, 9.17) is 22.5 Å². The summed E-state index contributed by atoms with van der Waals surface area (Å²) in [6.07, 6.45) is 3.18. The summed E-state index contributed by atoms with van der Waals surface area (Å²) in [4.78, 5) is 23.5. The number of nitrogens with two attached hydrogens (primary N) is 1. The standard InChI is InChI=1S/C13H11ClN6O2/c14-10-9-3-4-20(11(9)18-13(15)17-10)6-8-2-1-7(5-16-8)12(21)19-22/h1-5,22H,6H2,(H,19,21)(H2,15,17,18). The average molecular weight is 319 g/mol. The van der Waals surface area contributed by atoms with Crippen molar-refractivity contribution in [3.05, 3.63) is 47.0 Å². The van der Waals surface area contributed by atoms with Crippen molar-refractivity contribution in [2.45, 2.75) is 6.54 Å². The number of nitrogens with one attached hydrogen (secondary N) is 1. The Morgan fingerprint density at radius 2 is 2.18 bits per heavy atom. The predicted molar refractivity (Wildman–Crippen MR) is 79.5 cm³/mol. The number of amides is 1. The van der Waals surface area contributed by atoms with E-state index < -0.39 is 5.91 Å². The smallest absolute Gasteiger partial charge is 0.276 e. The molecule has 0 saturated carbocycles. The minimum Gasteiger partial charge on any atom is -0.368 e. The Bertz CT molecular complexity index is 846. The molecule has 1 amide bonds. The lowest BCUT2D eigenvalue weighted by Crippen LogP contribution is -2.18. The summed E-state index contributed by atoms with van der Waals surface area (Å²) in [5.41, 5.74) is 8.74. The van der Waals surface area contributed by atoms with Crippen molar-refractivity contribution in [3.63, 3.8) is 0 Å². The Morgan fingerprint density at radius 1 is 1.36 bits per heavy atom. The maximum Gasteiger partial charge on any atom is 0.276 e. The van der Waals surface area contributed by atoms with Crippen molar-refractivity contribution in [1.82, 2.24) is 25.0 Å². The largest absolute Gasteiger partial charge is 0.368 e. The molecule has 22 heavy (non-hydrogen) atoms. The normalized spacial score (nSPS) is 10.8. The van der Waals surface area contributed by atoms with Gasteiger partial charge in [0.05, 0.1) is 23.2 Å². The van der Waals surface area contributed by atoms with E-state index in [-0.39, 0.29) is 11.5 Å². The van der Waals surface area contributed by atoms with E-state index in [1.165, 1.54) is 6.20 Å². The second kappa shape index (κ2) is 5.58. The molecule has 112 valence electrons. The second-order valence-electron chi connectivity index (χ2n) is 4.53. The molecule has 0 spiro atoms. The summed E-state index contributed by atoms with van der Waals surface area (Å²) in [7, 11) is 0. The zero-order valence-corrected chi connectivity index (χ0v) is 11.9. The van der Waals surface area contributed by atoms with Crippen LogP contribution in [0.2, 0.25) is 5.15 Å². The third-order valence-electron chi connectivity index (χ3n) is 3.11. The van der Waals surface area contributed by atoms with Crippen molar-refractivity contribution < 1.29 is 10.0 Å². The number of hydrogen-bond acceptors (Lipinski definition) is 6. The first-order chi connectivity index (χ1) is 10.6. The fourth-order valence-corrected chi connectivity index (χ4v) is 2.30. The van der Waals surface area contributed by atoms with E-state index in [2.05, 4.69) is 15.0 Å². The monoisotopic (exact) mass is 318 g/mol. The van der Waals surface area contributed by atoms with E-state index in [1.807, 2.05) is 4.57 Å². The first-order valence-corrected chi connectivity index (χ1v) is 6.63. The van der Waals surface area contributed by atoms with Gasteiger partial charge in [0.1, 0.15) is 10.8 Å². The number of hydroxylamine groups is 1. The van der Waals surface area contributed by atoms with Crippen LogP contribution in [-0.4, -0.2) is 30.6 Å². The summed E-state index contributed by atoms with van der Waals surface area (Å²) in [5.74, 6) is -0.516. The quantitative estimate of drug-likeness (QED) is 0.379. The van der Waals surface area contributed by atoms with E-state index in [0.717, 1.165) is 0 Å². The molecule has 3 aromatic rings. The molecule has 0 fully saturated rings. The number of anilines is 1. The van der Waals surface area contributed by atoms with Crippen molar-refractivity contribution in [2.75, 3.05) is 5.73 Å². The zero-order chi connectivity index (χ0) is 15.7. The maximum atomic E-state index is 11.2. The third kappa shape index (κ3) is 2.57. The number of carbonyl (C=O) groups is 1. The molecule has 0 saturated heterocycles. The molecule has 4 N–H and O–H groups in total. The summed E-state index contributed by atoms with van der Waals surface area (Å²) in [5, 5.41) is 9.56. The predicted octanol–water partition coefficient (Wildman–Crippen LogP) is 1.23. The molecule has 8 nitrogen and oxygen atoms in total. The summed E-state index contributed by atoms with van der Waals surface area (Å²) in [6.45, 7) is 0.428. The number of nitrogens with zero attached hydrogens (tertiary/aromatic N) is 4. The van der Waals surface area contributed by atoms with Gasteiger partial charge in [-0.05, 0) is 18.2 Å². The fourth-order valence-electron chi connectivity index (χ4n) is 2.06. The lowest BCUT2D eigenvalue weighted by molar-refractivity contribution is 0.0706. The van der Waals surface area contributed by atoms with Gasteiger partial charge >= 0.3 is 0 Å². The lowest BCUT2D eigenvalue weighted by Gasteiger charge is -2.06. The van der Waals surface area contributed by atoms with Crippen LogP contribution in [0.15, 0.2) is 30.6 Å². The first-order valence-electron chi connectivity index (χ1n) is 6.25. The first kappa shape index (κ1) is 14.2. The summed E-state index contributed by atoms with van der Waals surface area (Å²) >= 11 is 6.02. The van der Waals surface area contributed by atoms with Gasteiger partial charge in [0, 0.05) is 12.4 Å². The highest BCUT2D eigenvalue weighted by molar-refractivity contribution is 6.34. The molecule has 0 aliphatic carbocycles. The number of carbonyl (C=O) groups excluding carboxylic acids is 1. The second-order valence-corrected chi connectivity index (χ2v) is 4.89. The van der Waals surface area contributed by atoms with Crippen molar-refractivity contribution in [2.24, 2.45) is 0 Å². The number of rotatable bonds is 3. The van der Waals surface area contributed by atoms with Crippen LogP contribution >= 0.6 is 11.6 Å². The molecule has 0 aliphatic rings. The van der Waals surface area contributed by atoms with Crippen molar-refractivity contribution >= 4 is 34.5 Å². The number of pyridine rings is 1. The Kier molecular flexibility index (Phi) is 3.61. The number of halogens is 1. The number of fused-ring (bicyclic) bond motifs is 1. The Balaban J connectivity index is 1.92. The number of nitrogen functional groups attached to an aromatic ring is 1. The molecule has 0 aromatic carbocycles. The Hall–Kier alpha value is -2.71. The molecular formula is C13H11ClN6O2. The molecule has 0 radical (unpaired) electrons. The zero-order valence-electron chi connectivity index (χ0n) is 11.2. The minimum absolute atomic E-state index is 0.0976.